The summed E-state index contributed by atoms with van der Waals surface area (Å²) in [5.74, 6) is 0.403. The highest BCUT2D eigenvalue weighted by molar-refractivity contribution is 5.90. The zero-order chi connectivity index (χ0) is 13.4. The van der Waals surface area contributed by atoms with E-state index in [0.29, 0.717) is 12.2 Å². The van der Waals surface area contributed by atoms with Crippen molar-refractivity contribution in [2.45, 2.75) is 32.1 Å². The molecule has 0 bridgehead atoms. The number of carbonyl (C=O) groups excluding carboxylic acids is 1. The molecule has 3 nitrogen and oxygen atoms in total. The normalized spacial score (nSPS) is 16.8. The maximum Gasteiger partial charge on any atom is 0.146 e. The van der Waals surface area contributed by atoms with Crippen LogP contribution < -0.4 is 0 Å². The van der Waals surface area contributed by atoms with Gasteiger partial charge in [0.1, 0.15) is 5.78 Å². The van der Waals surface area contributed by atoms with Gasteiger partial charge in [-0.25, -0.2) is 0 Å². The van der Waals surface area contributed by atoms with E-state index in [0.717, 1.165) is 24.2 Å². The number of rotatable bonds is 4. The van der Waals surface area contributed by atoms with Crippen LogP contribution in [0.3, 0.4) is 0 Å². The molecule has 2 aromatic rings. The van der Waals surface area contributed by atoms with Crippen molar-refractivity contribution >= 4 is 5.78 Å². The molecule has 19 heavy (non-hydrogen) atoms. The SMILES string of the molecule is CCc1cc(CC(=O)C2Cc3ccccc32)n(C)n1. The molecule has 1 aromatic heterocycles. The lowest BCUT2D eigenvalue weighted by molar-refractivity contribution is -0.120. The molecule has 0 fully saturated rings. The number of carbonyl (C=O) groups is 1. The predicted octanol–water partition coefficient (Wildman–Crippen LogP) is 2.43. The van der Waals surface area contributed by atoms with E-state index in [1.54, 1.807) is 0 Å². The van der Waals surface area contributed by atoms with Crippen molar-refractivity contribution in [3.05, 3.63) is 52.8 Å². The predicted molar refractivity (Wildman–Crippen MR) is 74.2 cm³/mol. The number of aromatic nitrogens is 2. The van der Waals surface area contributed by atoms with E-state index in [4.69, 9.17) is 0 Å². The fourth-order valence-electron chi connectivity index (χ4n) is 2.76. The fourth-order valence-corrected chi connectivity index (χ4v) is 2.76. The van der Waals surface area contributed by atoms with Crippen LogP contribution in [0.25, 0.3) is 0 Å². The van der Waals surface area contributed by atoms with E-state index in [-0.39, 0.29) is 5.92 Å². The van der Waals surface area contributed by atoms with Gasteiger partial charge in [0.2, 0.25) is 0 Å². The first-order valence-corrected chi connectivity index (χ1v) is 6.81. The lowest BCUT2D eigenvalue weighted by atomic mass is 9.74. The van der Waals surface area contributed by atoms with Crippen molar-refractivity contribution in [1.29, 1.82) is 0 Å². The standard InChI is InChI=1S/C16H18N2O/c1-3-12-9-13(18(2)17-12)10-16(19)15-8-11-6-4-5-7-14(11)15/h4-7,9,15H,3,8,10H2,1-2H3. The van der Waals surface area contributed by atoms with Gasteiger partial charge in [0.05, 0.1) is 5.69 Å². The molecular formula is C16H18N2O. The quantitative estimate of drug-likeness (QED) is 0.840. The second kappa shape index (κ2) is 4.65. The Morgan fingerprint density at radius 2 is 2.21 bits per heavy atom. The largest absolute Gasteiger partial charge is 0.299 e. The Balaban J connectivity index is 1.75. The number of benzene rings is 1. The van der Waals surface area contributed by atoms with E-state index < -0.39 is 0 Å². The molecule has 0 saturated heterocycles. The number of aryl methyl sites for hydroxylation is 2. The highest BCUT2D eigenvalue weighted by atomic mass is 16.1. The highest BCUT2D eigenvalue weighted by Gasteiger charge is 2.31. The third-order valence-electron chi connectivity index (χ3n) is 3.99. The molecule has 0 saturated carbocycles. The third kappa shape index (κ3) is 2.09. The number of fused-ring (bicyclic) bond motifs is 1. The molecular weight excluding hydrogens is 236 g/mol. The average molecular weight is 254 g/mol. The molecule has 1 unspecified atom stereocenters. The number of nitrogens with zero attached hydrogens (tertiary/aromatic N) is 2. The maximum atomic E-state index is 12.4. The minimum atomic E-state index is 0.0937. The number of hydrogen-bond donors (Lipinski definition) is 0. The summed E-state index contributed by atoms with van der Waals surface area (Å²) in [5.41, 5.74) is 4.61. The average Bonchev–Trinajstić information content (AvgIpc) is 2.72. The number of ketones is 1. The van der Waals surface area contributed by atoms with Crippen LogP contribution in [0.1, 0.15) is 35.4 Å². The molecule has 1 aromatic carbocycles. The first kappa shape index (κ1) is 12.2. The molecule has 3 rings (SSSR count). The summed E-state index contributed by atoms with van der Waals surface area (Å²) >= 11 is 0. The van der Waals surface area contributed by atoms with Crippen LogP contribution >= 0.6 is 0 Å². The van der Waals surface area contributed by atoms with E-state index in [2.05, 4.69) is 24.2 Å². The van der Waals surface area contributed by atoms with Crippen molar-refractivity contribution in [2.24, 2.45) is 7.05 Å². The summed E-state index contributed by atoms with van der Waals surface area (Å²) in [5, 5.41) is 4.39. The van der Waals surface area contributed by atoms with Gasteiger partial charge < -0.3 is 0 Å². The lowest BCUT2D eigenvalue weighted by Crippen LogP contribution is -2.26. The Morgan fingerprint density at radius 3 is 2.89 bits per heavy atom. The summed E-state index contributed by atoms with van der Waals surface area (Å²) in [7, 11) is 1.91. The van der Waals surface area contributed by atoms with E-state index in [1.165, 1.54) is 11.1 Å². The van der Waals surface area contributed by atoms with Gasteiger partial charge in [0, 0.05) is 25.1 Å². The summed E-state index contributed by atoms with van der Waals surface area (Å²) in [4.78, 5) is 12.4. The molecule has 3 heteroatoms. The molecule has 1 aliphatic rings. The summed E-state index contributed by atoms with van der Waals surface area (Å²) < 4.78 is 1.83. The van der Waals surface area contributed by atoms with Crippen molar-refractivity contribution in [3.63, 3.8) is 0 Å². The molecule has 0 amide bonds. The zero-order valence-corrected chi connectivity index (χ0v) is 11.4. The van der Waals surface area contributed by atoms with Crippen molar-refractivity contribution in [1.82, 2.24) is 9.78 Å². The molecule has 98 valence electrons. The van der Waals surface area contributed by atoms with Gasteiger partial charge in [-0.15, -0.1) is 0 Å². The van der Waals surface area contributed by atoms with Crippen molar-refractivity contribution in [2.75, 3.05) is 0 Å². The monoisotopic (exact) mass is 254 g/mol. The number of Topliss-reactive ketones (excluding diaryl/α,β-unsaturated/α-hetero) is 1. The Kier molecular flexibility index (Phi) is 2.97. The first-order valence-electron chi connectivity index (χ1n) is 6.81. The van der Waals surface area contributed by atoms with Gasteiger partial charge in [-0.2, -0.15) is 5.10 Å². The van der Waals surface area contributed by atoms with Gasteiger partial charge in [0.15, 0.2) is 0 Å². The number of hydrogen-bond acceptors (Lipinski definition) is 2. The van der Waals surface area contributed by atoms with Crippen molar-refractivity contribution in [3.8, 4) is 0 Å². The van der Waals surface area contributed by atoms with Crippen LogP contribution in [0.5, 0.6) is 0 Å². The second-order valence-corrected chi connectivity index (χ2v) is 5.20. The van der Waals surface area contributed by atoms with Crippen LogP contribution in [-0.2, 0) is 31.1 Å². The first-order chi connectivity index (χ1) is 9.19. The van der Waals surface area contributed by atoms with E-state index in [1.807, 2.05) is 29.9 Å². The molecule has 0 aliphatic heterocycles. The smallest absolute Gasteiger partial charge is 0.146 e. The Morgan fingerprint density at radius 1 is 1.42 bits per heavy atom. The van der Waals surface area contributed by atoms with E-state index in [9.17, 15) is 4.79 Å². The molecule has 1 atom stereocenters. The van der Waals surface area contributed by atoms with Crippen LogP contribution in [0.2, 0.25) is 0 Å². The third-order valence-corrected chi connectivity index (χ3v) is 3.99. The van der Waals surface area contributed by atoms with Gasteiger partial charge >= 0.3 is 0 Å². The summed E-state index contributed by atoms with van der Waals surface area (Å²) in [6.07, 6.45) is 2.30. The Hall–Kier alpha value is -1.90. The van der Waals surface area contributed by atoms with Gasteiger partial charge in [-0.3, -0.25) is 9.48 Å². The molecule has 0 spiro atoms. The van der Waals surface area contributed by atoms with Gasteiger partial charge in [-0.1, -0.05) is 31.2 Å². The van der Waals surface area contributed by atoms with Crippen molar-refractivity contribution < 1.29 is 4.79 Å². The van der Waals surface area contributed by atoms with Crippen LogP contribution in [0, 0.1) is 0 Å². The Labute approximate surface area is 113 Å². The maximum absolute atomic E-state index is 12.4. The van der Waals surface area contributed by atoms with Crippen LogP contribution in [-0.4, -0.2) is 15.6 Å². The summed E-state index contributed by atoms with van der Waals surface area (Å²) in [6.45, 7) is 2.08. The van der Waals surface area contributed by atoms with Gasteiger partial charge in [-0.05, 0) is 30.0 Å². The minimum absolute atomic E-state index is 0.0937. The topological polar surface area (TPSA) is 34.9 Å². The summed E-state index contributed by atoms with van der Waals surface area (Å²) in [6, 6.07) is 10.3. The Bertz CT molecular complexity index is 627. The highest BCUT2D eigenvalue weighted by Crippen LogP contribution is 2.36. The fraction of sp³-hybridized carbons (Fsp3) is 0.375. The lowest BCUT2D eigenvalue weighted by Gasteiger charge is -2.28. The molecule has 1 aliphatic carbocycles. The second-order valence-electron chi connectivity index (χ2n) is 5.20. The van der Waals surface area contributed by atoms with Crippen LogP contribution in [0.4, 0.5) is 0 Å². The minimum Gasteiger partial charge on any atom is -0.299 e. The van der Waals surface area contributed by atoms with Gasteiger partial charge in [0.25, 0.3) is 0 Å². The van der Waals surface area contributed by atoms with E-state index >= 15 is 0 Å². The molecule has 0 N–H and O–H groups in total. The zero-order valence-electron chi connectivity index (χ0n) is 11.4. The molecule has 0 radical (unpaired) electrons. The molecule has 1 heterocycles. The van der Waals surface area contributed by atoms with Crippen LogP contribution in [0.15, 0.2) is 30.3 Å².